The molecule has 0 atom stereocenters. The summed E-state index contributed by atoms with van der Waals surface area (Å²) in [6.45, 7) is 5.45. The van der Waals surface area contributed by atoms with Crippen LogP contribution in [0, 0.1) is 6.92 Å². The molecule has 1 aromatic carbocycles. The van der Waals surface area contributed by atoms with Gasteiger partial charge in [0.15, 0.2) is 5.69 Å². The first-order valence-corrected chi connectivity index (χ1v) is 12.6. The monoisotopic (exact) mass is 569 g/mol. The van der Waals surface area contributed by atoms with Gasteiger partial charge >= 0.3 is 11.9 Å². The fourth-order valence-corrected chi connectivity index (χ4v) is 5.81. The van der Waals surface area contributed by atoms with E-state index >= 15 is 0 Å². The molecule has 0 radical (unpaired) electrons. The molecular formula is C27H19ClF3N5O2S. The number of aromatic nitrogens is 5. The van der Waals surface area contributed by atoms with Gasteiger partial charge in [-0.1, -0.05) is 48.5 Å². The van der Waals surface area contributed by atoms with Crippen LogP contribution < -0.4 is 11.2 Å². The van der Waals surface area contributed by atoms with Gasteiger partial charge in [-0.3, -0.25) is 14.5 Å². The summed E-state index contributed by atoms with van der Waals surface area (Å²) in [6.07, 6.45) is 4.56. The second-order valence-electron chi connectivity index (χ2n) is 8.63. The van der Waals surface area contributed by atoms with Crippen molar-refractivity contribution in [3.8, 4) is 27.3 Å². The largest absolute Gasteiger partial charge is 0.435 e. The molecule has 0 bridgehead atoms. The molecule has 4 aromatic heterocycles. The van der Waals surface area contributed by atoms with Crippen molar-refractivity contribution in [3.63, 3.8) is 0 Å². The van der Waals surface area contributed by atoms with Gasteiger partial charge in [0.2, 0.25) is 0 Å². The molecule has 0 saturated carbocycles. The maximum absolute atomic E-state index is 13.8. The molecule has 0 aliphatic carbocycles. The second kappa shape index (κ2) is 9.83. The molecule has 39 heavy (non-hydrogen) atoms. The lowest BCUT2D eigenvalue weighted by Crippen LogP contribution is -2.33. The number of hydrogen-bond acceptors (Lipinski definition) is 5. The summed E-state index contributed by atoms with van der Waals surface area (Å²) >= 11 is 7.53. The van der Waals surface area contributed by atoms with E-state index in [-0.39, 0.29) is 37.6 Å². The molecule has 0 aliphatic heterocycles. The number of thiophene rings is 1. The highest BCUT2D eigenvalue weighted by atomic mass is 35.5. The van der Waals surface area contributed by atoms with Gasteiger partial charge in [-0.05, 0) is 30.2 Å². The number of halogens is 4. The average Bonchev–Trinajstić information content (AvgIpc) is 3.47. The van der Waals surface area contributed by atoms with Gasteiger partial charge in [0, 0.05) is 46.0 Å². The quantitative estimate of drug-likeness (QED) is 0.249. The first kappa shape index (κ1) is 26.4. The number of alkyl halides is 3. The van der Waals surface area contributed by atoms with Crippen LogP contribution in [0.4, 0.5) is 13.2 Å². The smallest absolute Gasteiger partial charge is 0.306 e. The number of rotatable bonds is 5. The van der Waals surface area contributed by atoms with Gasteiger partial charge in [-0.2, -0.15) is 18.3 Å². The molecule has 198 valence electrons. The van der Waals surface area contributed by atoms with Crippen LogP contribution in [0.5, 0.6) is 0 Å². The van der Waals surface area contributed by atoms with Gasteiger partial charge in [0.25, 0.3) is 5.56 Å². The summed E-state index contributed by atoms with van der Waals surface area (Å²) in [5.41, 5.74) is -0.167. The van der Waals surface area contributed by atoms with E-state index in [4.69, 9.17) is 11.6 Å². The van der Waals surface area contributed by atoms with E-state index in [1.54, 1.807) is 43.5 Å². The number of H-pyrrole nitrogens is 1. The minimum atomic E-state index is -4.70. The number of benzene rings is 1. The average molecular weight is 570 g/mol. The zero-order valence-electron chi connectivity index (χ0n) is 20.5. The molecule has 0 unspecified atom stereocenters. The summed E-state index contributed by atoms with van der Waals surface area (Å²) in [7, 11) is 1.40. The zero-order valence-corrected chi connectivity index (χ0v) is 22.1. The van der Waals surface area contributed by atoms with Crippen molar-refractivity contribution in [2.24, 2.45) is 7.05 Å². The number of aryl methyl sites for hydroxylation is 2. The van der Waals surface area contributed by atoms with E-state index in [1.165, 1.54) is 31.6 Å². The van der Waals surface area contributed by atoms with Crippen molar-refractivity contribution >= 4 is 39.2 Å². The predicted octanol–water partition coefficient (Wildman–Crippen LogP) is 6.38. The van der Waals surface area contributed by atoms with Crippen molar-refractivity contribution in [1.82, 2.24) is 24.3 Å². The molecule has 0 saturated heterocycles. The van der Waals surface area contributed by atoms with E-state index in [0.717, 1.165) is 26.1 Å². The van der Waals surface area contributed by atoms with Crippen LogP contribution in [-0.2, 0) is 13.2 Å². The first-order chi connectivity index (χ1) is 18.5. The Morgan fingerprint density at radius 1 is 1.18 bits per heavy atom. The molecule has 0 amide bonds. The minimum absolute atomic E-state index is 0.157. The molecule has 1 N–H and O–H groups in total. The normalized spacial score (nSPS) is 12.1. The molecule has 4 heterocycles. The lowest BCUT2D eigenvalue weighted by Gasteiger charge is -2.11. The number of nitrogens with one attached hydrogen (secondary N) is 1. The minimum Gasteiger partial charge on any atom is -0.306 e. The Balaban J connectivity index is 1.76. The summed E-state index contributed by atoms with van der Waals surface area (Å²) < 4.78 is 43.6. The van der Waals surface area contributed by atoms with Gasteiger partial charge in [-0.15, -0.1) is 11.3 Å². The van der Waals surface area contributed by atoms with Crippen molar-refractivity contribution in [2.45, 2.75) is 13.1 Å². The van der Waals surface area contributed by atoms with Crippen LogP contribution in [0.1, 0.15) is 16.8 Å². The Labute approximate surface area is 228 Å². The molecule has 5 rings (SSSR count). The first-order valence-electron chi connectivity index (χ1n) is 11.4. The van der Waals surface area contributed by atoms with Crippen LogP contribution in [0.2, 0.25) is 5.02 Å². The lowest BCUT2D eigenvalue weighted by molar-refractivity contribution is -0.140. The van der Waals surface area contributed by atoms with E-state index in [2.05, 4.69) is 21.6 Å². The number of fused-ring (bicyclic) bond motifs is 1. The Bertz CT molecular complexity index is 1910. The van der Waals surface area contributed by atoms with E-state index in [1.807, 2.05) is 0 Å². The molecule has 0 aliphatic rings. The van der Waals surface area contributed by atoms with Crippen LogP contribution >= 0.6 is 22.9 Å². The van der Waals surface area contributed by atoms with Crippen LogP contribution in [0.15, 0.2) is 71.2 Å². The molecule has 0 fully saturated rings. The molecule has 7 nitrogen and oxygen atoms in total. The van der Waals surface area contributed by atoms with Crippen molar-refractivity contribution in [2.75, 3.05) is 0 Å². The van der Waals surface area contributed by atoms with Crippen LogP contribution in [0.3, 0.4) is 0 Å². The van der Waals surface area contributed by atoms with Crippen molar-refractivity contribution < 1.29 is 13.2 Å². The SMILES string of the molecule is C=C/C=C\c1c(C)cncc1-n1c(=O)[nH]c2cc(-c3c(Cl)cccc3-c3cn(C)nc3C(F)(F)F)sc2c1=O. The Kier molecular flexibility index (Phi) is 6.65. The van der Waals surface area contributed by atoms with E-state index < -0.39 is 23.1 Å². The summed E-state index contributed by atoms with van der Waals surface area (Å²) in [5.74, 6) is 0. The number of hydrogen-bond donors (Lipinski definition) is 1. The van der Waals surface area contributed by atoms with Crippen molar-refractivity contribution in [3.05, 3.63) is 104 Å². The molecule has 12 heteroatoms. The highest BCUT2D eigenvalue weighted by Crippen LogP contribution is 2.45. The van der Waals surface area contributed by atoms with E-state index in [9.17, 15) is 22.8 Å². The van der Waals surface area contributed by atoms with Crippen LogP contribution in [0.25, 0.3) is 43.5 Å². The third kappa shape index (κ3) is 4.64. The number of allylic oxidation sites excluding steroid dienone is 2. The third-order valence-electron chi connectivity index (χ3n) is 6.03. The Morgan fingerprint density at radius 3 is 2.67 bits per heavy atom. The number of nitrogens with zero attached hydrogens (tertiary/aromatic N) is 4. The zero-order chi connectivity index (χ0) is 28.1. The highest BCUT2D eigenvalue weighted by Gasteiger charge is 2.38. The second-order valence-corrected chi connectivity index (χ2v) is 10.1. The molecule has 0 spiro atoms. The van der Waals surface area contributed by atoms with Gasteiger partial charge < -0.3 is 4.98 Å². The fourth-order valence-electron chi connectivity index (χ4n) is 4.36. The molecular weight excluding hydrogens is 551 g/mol. The van der Waals surface area contributed by atoms with Crippen molar-refractivity contribution in [1.29, 1.82) is 0 Å². The summed E-state index contributed by atoms with van der Waals surface area (Å²) in [6, 6.07) is 6.13. The lowest BCUT2D eigenvalue weighted by atomic mass is 9.98. The van der Waals surface area contributed by atoms with Gasteiger partial charge in [0.05, 0.1) is 17.4 Å². The third-order valence-corrected chi connectivity index (χ3v) is 7.48. The summed E-state index contributed by atoms with van der Waals surface area (Å²) in [4.78, 5) is 34.0. The Morgan fingerprint density at radius 2 is 1.95 bits per heavy atom. The van der Waals surface area contributed by atoms with Crippen LogP contribution in [-0.4, -0.2) is 24.3 Å². The number of pyridine rings is 1. The standard InChI is InChI=1S/C27H19ClF3N5O2S/c1-4-5-7-15-14(2)11-32-12-20(15)36-25(37)23-19(33-26(36)38)10-21(39-23)22-16(8-6-9-18(22)28)17-13-35(3)34-24(17)27(29,30)31/h4-13H,1H2,2-3H3,(H,33,38)/b7-5-. The Hall–Kier alpha value is -4.22. The maximum atomic E-state index is 13.8. The predicted molar refractivity (Wildman–Crippen MR) is 147 cm³/mol. The molecule has 5 aromatic rings. The number of aromatic amines is 1. The van der Waals surface area contributed by atoms with Gasteiger partial charge in [-0.25, -0.2) is 9.36 Å². The topological polar surface area (TPSA) is 85.6 Å². The van der Waals surface area contributed by atoms with E-state index in [0.29, 0.717) is 10.4 Å². The summed E-state index contributed by atoms with van der Waals surface area (Å²) in [5, 5.41) is 3.79. The van der Waals surface area contributed by atoms with Gasteiger partial charge in [0.1, 0.15) is 4.70 Å². The maximum Gasteiger partial charge on any atom is 0.435 e. The fraction of sp³-hybridized carbons (Fsp3) is 0.111. The highest BCUT2D eigenvalue weighted by molar-refractivity contribution is 7.22.